The lowest BCUT2D eigenvalue weighted by Gasteiger charge is -2.11. The molecule has 0 saturated heterocycles. The third kappa shape index (κ3) is 3.77. The summed E-state index contributed by atoms with van der Waals surface area (Å²) < 4.78 is 5.17. The Morgan fingerprint density at radius 2 is 1.91 bits per heavy atom. The standard InChI is InChI=1S/C17H20N2O3/c1-18-17(21)13-5-3-12(4-6-13)10-19-15-7-8-16(22-2)14(9-15)11-20/h3-9,19-20H,10-11H2,1-2H3,(H,18,21). The topological polar surface area (TPSA) is 70.6 Å². The number of carbonyl (C=O) groups excluding carboxylic acids is 1. The van der Waals surface area contributed by atoms with Crippen LogP contribution in [0.25, 0.3) is 0 Å². The Kier molecular flexibility index (Phi) is 5.38. The predicted octanol–water partition coefficient (Wildman–Crippen LogP) is 2.16. The average molecular weight is 300 g/mol. The van der Waals surface area contributed by atoms with E-state index in [-0.39, 0.29) is 12.5 Å². The monoisotopic (exact) mass is 300 g/mol. The molecule has 0 aliphatic rings. The van der Waals surface area contributed by atoms with Crippen LogP contribution in [-0.2, 0) is 13.2 Å². The summed E-state index contributed by atoms with van der Waals surface area (Å²) in [6, 6.07) is 13.0. The van der Waals surface area contributed by atoms with Crippen molar-refractivity contribution >= 4 is 11.6 Å². The van der Waals surface area contributed by atoms with Crippen LogP contribution in [0.1, 0.15) is 21.5 Å². The molecule has 0 heterocycles. The predicted molar refractivity (Wildman–Crippen MR) is 86.1 cm³/mol. The number of hydrogen-bond acceptors (Lipinski definition) is 4. The Balaban J connectivity index is 2.02. The molecular weight excluding hydrogens is 280 g/mol. The molecule has 0 fully saturated rings. The summed E-state index contributed by atoms with van der Waals surface area (Å²) in [6.45, 7) is 0.560. The highest BCUT2D eigenvalue weighted by Gasteiger charge is 2.04. The summed E-state index contributed by atoms with van der Waals surface area (Å²) in [5.41, 5.74) is 3.34. The number of carbonyl (C=O) groups is 1. The van der Waals surface area contributed by atoms with E-state index in [2.05, 4.69) is 10.6 Å². The lowest BCUT2D eigenvalue weighted by atomic mass is 10.1. The van der Waals surface area contributed by atoms with E-state index in [4.69, 9.17) is 4.74 Å². The maximum absolute atomic E-state index is 11.5. The summed E-state index contributed by atoms with van der Waals surface area (Å²) in [5, 5.41) is 15.2. The highest BCUT2D eigenvalue weighted by atomic mass is 16.5. The first kappa shape index (κ1) is 15.9. The zero-order valence-electron chi connectivity index (χ0n) is 12.7. The summed E-state index contributed by atoms with van der Waals surface area (Å²) >= 11 is 0. The molecule has 116 valence electrons. The van der Waals surface area contributed by atoms with Crippen molar-refractivity contribution in [3.63, 3.8) is 0 Å². The number of aliphatic hydroxyl groups is 1. The maximum Gasteiger partial charge on any atom is 0.251 e. The number of aliphatic hydroxyl groups excluding tert-OH is 1. The Labute approximate surface area is 129 Å². The fourth-order valence-corrected chi connectivity index (χ4v) is 2.13. The lowest BCUT2D eigenvalue weighted by Crippen LogP contribution is -2.17. The fourth-order valence-electron chi connectivity index (χ4n) is 2.13. The average Bonchev–Trinajstić information content (AvgIpc) is 2.59. The van der Waals surface area contributed by atoms with Gasteiger partial charge in [0.25, 0.3) is 5.91 Å². The van der Waals surface area contributed by atoms with Crippen LogP contribution >= 0.6 is 0 Å². The van der Waals surface area contributed by atoms with Crippen LogP contribution < -0.4 is 15.4 Å². The number of hydrogen-bond donors (Lipinski definition) is 3. The molecule has 5 heteroatoms. The zero-order valence-corrected chi connectivity index (χ0v) is 12.7. The minimum Gasteiger partial charge on any atom is -0.496 e. The highest BCUT2D eigenvalue weighted by Crippen LogP contribution is 2.23. The van der Waals surface area contributed by atoms with Crippen molar-refractivity contribution in [2.75, 3.05) is 19.5 Å². The lowest BCUT2D eigenvalue weighted by molar-refractivity contribution is 0.0963. The van der Waals surface area contributed by atoms with Crippen molar-refractivity contribution in [2.24, 2.45) is 0 Å². The van der Waals surface area contributed by atoms with Gasteiger partial charge in [-0.15, -0.1) is 0 Å². The molecule has 5 nitrogen and oxygen atoms in total. The third-order valence-electron chi connectivity index (χ3n) is 3.39. The molecule has 0 radical (unpaired) electrons. The van der Waals surface area contributed by atoms with E-state index in [1.807, 2.05) is 30.3 Å². The van der Waals surface area contributed by atoms with Gasteiger partial charge in [-0.1, -0.05) is 12.1 Å². The van der Waals surface area contributed by atoms with E-state index in [9.17, 15) is 9.90 Å². The molecule has 0 unspecified atom stereocenters. The first-order valence-electron chi connectivity index (χ1n) is 7.00. The van der Waals surface area contributed by atoms with Gasteiger partial charge in [0.05, 0.1) is 13.7 Å². The number of benzene rings is 2. The van der Waals surface area contributed by atoms with Crippen LogP contribution in [0.3, 0.4) is 0 Å². The van der Waals surface area contributed by atoms with Gasteiger partial charge in [-0.05, 0) is 35.9 Å². The molecule has 2 aromatic rings. The molecule has 0 saturated carbocycles. The molecule has 2 aromatic carbocycles. The molecule has 0 bridgehead atoms. The van der Waals surface area contributed by atoms with Crippen molar-refractivity contribution in [1.29, 1.82) is 0 Å². The van der Waals surface area contributed by atoms with Crippen LogP contribution in [0.2, 0.25) is 0 Å². The van der Waals surface area contributed by atoms with Crippen molar-refractivity contribution < 1.29 is 14.6 Å². The SMILES string of the molecule is CNC(=O)c1ccc(CNc2ccc(OC)c(CO)c2)cc1. The summed E-state index contributed by atoms with van der Waals surface area (Å²) in [5.74, 6) is 0.574. The summed E-state index contributed by atoms with van der Waals surface area (Å²) in [6.07, 6.45) is 0. The zero-order chi connectivity index (χ0) is 15.9. The van der Waals surface area contributed by atoms with Gasteiger partial charge in [-0.2, -0.15) is 0 Å². The third-order valence-corrected chi connectivity index (χ3v) is 3.39. The number of methoxy groups -OCH3 is 1. The number of amides is 1. The first-order valence-corrected chi connectivity index (χ1v) is 7.00. The van der Waals surface area contributed by atoms with E-state index in [1.165, 1.54) is 0 Å². The smallest absolute Gasteiger partial charge is 0.251 e. The van der Waals surface area contributed by atoms with E-state index in [0.717, 1.165) is 16.8 Å². The highest BCUT2D eigenvalue weighted by molar-refractivity contribution is 5.93. The van der Waals surface area contributed by atoms with Crippen molar-refractivity contribution in [1.82, 2.24) is 5.32 Å². The molecule has 0 aliphatic heterocycles. The molecule has 3 N–H and O–H groups in total. The second-order valence-electron chi connectivity index (χ2n) is 4.81. The van der Waals surface area contributed by atoms with E-state index in [1.54, 1.807) is 26.3 Å². The van der Waals surface area contributed by atoms with Gasteiger partial charge in [0.1, 0.15) is 5.75 Å². The van der Waals surface area contributed by atoms with Gasteiger partial charge in [-0.3, -0.25) is 4.79 Å². The van der Waals surface area contributed by atoms with Gasteiger partial charge in [-0.25, -0.2) is 0 Å². The largest absolute Gasteiger partial charge is 0.496 e. The molecule has 2 rings (SSSR count). The molecule has 0 spiro atoms. The van der Waals surface area contributed by atoms with E-state index >= 15 is 0 Å². The van der Waals surface area contributed by atoms with Crippen molar-refractivity contribution in [3.05, 3.63) is 59.2 Å². The summed E-state index contributed by atoms with van der Waals surface area (Å²) in [4.78, 5) is 11.5. The molecule has 0 atom stereocenters. The van der Waals surface area contributed by atoms with Crippen LogP contribution in [-0.4, -0.2) is 25.2 Å². The number of ether oxygens (including phenoxy) is 1. The Morgan fingerprint density at radius 3 is 2.50 bits per heavy atom. The van der Waals surface area contributed by atoms with Crippen LogP contribution in [0.5, 0.6) is 5.75 Å². The number of rotatable bonds is 6. The van der Waals surface area contributed by atoms with Gasteiger partial charge in [0.2, 0.25) is 0 Å². The molecular formula is C17H20N2O3. The molecule has 1 amide bonds. The van der Waals surface area contributed by atoms with Gasteiger partial charge >= 0.3 is 0 Å². The minimum absolute atomic E-state index is 0.0699. The van der Waals surface area contributed by atoms with Gasteiger partial charge in [0.15, 0.2) is 0 Å². The first-order chi connectivity index (χ1) is 10.7. The van der Waals surface area contributed by atoms with Crippen LogP contribution in [0.15, 0.2) is 42.5 Å². The Bertz CT molecular complexity index is 639. The van der Waals surface area contributed by atoms with Crippen LogP contribution in [0.4, 0.5) is 5.69 Å². The van der Waals surface area contributed by atoms with Crippen molar-refractivity contribution in [2.45, 2.75) is 13.2 Å². The van der Waals surface area contributed by atoms with E-state index < -0.39 is 0 Å². The van der Waals surface area contributed by atoms with Crippen molar-refractivity contribution in [3.8, 4) is 5.75 Å². The van der Waals surface area contributed by atoms with Gasteiger partial charge in [0, 0.05) is 30.4 Å². The van der Waals surface area contributed by atoms with Crippen LogP contribution in [0, 0.1) is 0 Å². The van der Waals surface area contributed by atoms with Gasteiger partial charge < -0.3 is 20.5 Å². The summed E-state index contributed by atoms with van der Waals surface area (Å²) in [7, 11) is 3.19. The van der Waals surface area contributed by atoms with E-state index in [0.29, 0.717) is 17.9 Å². The second kappa shape index (κ2) is 7.47. The molecule has 22 heavy (non-hydrogen) atoms. The maximum atomic E-state index is 11.5. The Morgan fingerprint density at radius 1 is 1.18 bits per heavy atom. The number of anilines is 1. The quantitative estimate of drug-likeness (QED) is 0.764. The number of nitrogens with one attached hydrogen (secondary N) is 2. The molecule has 0 aromatic heterocycles. The Hall–Kier alpha value is -2.53. The molecule has 0 aliphatic carbocycles. The second-order valence-corrected chi connectivity index (χ2v) is 4.81. The minimum atomic E-state index is -0.0951. The fraction of sp³-hybridized carbons (Fsp3) is 0.235. The normalized spacial score (nSPS) is 10.1.